The molecule has 0 aliphatic carbocycles. The van der Waals surface area contributed by atoms with Crippen molar-refractivity contribution in [3.63, 3.8) is 0 Å². The molecular formula is C21H27FN6O. The number of hydrogen-bond acceptors (Lipinski definition) is 6. The van der Waals surface area contributed by atoms with Gasteiger partial charge in [0, 0.05) is 18.0 Å². The summed E-state index contributed by atoms with van der Waals surface area (Å²) in [6.07, 6.45) is 6.52. The summed E-state index contributed by atoms with van der Waals surface area (Å²) < 4.78 is 21.7. The predicted molar refractivity (Wildman–Crippen MR) is 107 cm³/mol. The van der Waals surface area contributed by atoms with Gasteiger partial charge in [0.15, 0.2) is 0 Å². The molecule has 0 bridgehead atoms. The summed E-state index contributed by atoms with van der Waals surface area (Å²) in [5, 5.41) is 13.1. The minimum Gasteiger partial charge on any atom is -0.336 e. The van der Waals surface area contributed by atoms with E-state index in [2.05, 4.69) is 25.5 Å². The third-order valence-corrected chi connectivity index (χ3v) is 6.20. The molecule has 8 heteroatoms. The average Bonchev–Trinajstić information content (AvgIpc) is 3.48. The number of likely N-dealkylation sites (tertiary alicyclic amines) is 1. The topological polar surface area (TPSA) is 72.0 Å². The molecule has 0 spiro atoms. The van der Waals surface area contributed by atoms with Crippen LogP contribution >= 0.6 is 0 Å². The van der Waals surface area contributed by atoms with E-state index in [-0.39, 0.29) is 11.9 Å². The Morgan fingerprint density at radius 2 is 2.17 bits per heavy atom. The number of halogens is 1. The third kappa shape index (κ3) is 3.44. The molecule has 0 saturated carbocycles. The highest BCUT2D eigenvalue weighted by molar-refractivity contribution is 5.83. The lowest BCUT2D eigenvalue weighted by Crippen LogP contribution is -2.42. The van der Waals surface area contributed by atoms with Crippen LogP contribution in [0.2, 0.25) is 0 Å². The molecule has 2 aliphatic heterocycles. The first kappa shape index (κ1) is 18.7. The van der Waals surface area contributed by atoms with Gasteiger partial charge in [-0.25, -0.2) is 4.39 Å². The number of aryl methyl sites for hydroxylation is 1. The second kappa shape index (κ2) is 7.84. The molecule has 7 nitrogen and oxygen atoms in total. The van der Waals surface area contributed by atoms with E-state index in [0.717, 1.165) is 43.6 Å². The summed E-state index contributed by atoms with van der Waals surface area (Å²) in [4.78, 5) is 7.12. The van der Waals surface area contributed by atoms with Crippen LogP contribution in [0.4, 0.5) is 4.39 Å². The van der Waals surface area contributed by atoms with E-state index >= 15 is 0 Å². The first-order chi connectivity index (χ1) is 14.2. The highest BCUT2D eigenvalue weighted by Gasteiger charge is 2.31. The lowest BCUT2D eigenvalue weighted by atomic mass is 10.0. The van der Waals surface area contributed by atoms with E-state index in [1.807, 2.05) is 13.0 Å². The number of fused-ring (bicyclic) bond motifs is 1. The summed E-state index contributed by atoms with van der Waals surface area (Å²) in [6, 6.07) is 5.69. The van der Waals surface area contributed by atoms with Crippen molar-refractivity contribution >= 4 is 10.9 Å². The van der Waals surface area contributed by atoms with Gasteiger partial charge in [-0.2, -0.15) is 14.8 Å². The maximum atomic E-state index is 14.6. The SMILES string of the molecule is CCc1nn(-c2noc(C3CCCCN3C[C@H]3CCCN3)n2)c2c(F)cccc12. The second-order valence-electron chi connectivity index (χ2n) is 8.08. The Hall–Kier alpha value is -2.32. The van der Waals surface area contributed by atoms with Crippen LogP contribution in [0.5, 0.6) is 0 Å². The fourth-order valence-electron chi connectivity index (χ4n) is 4.73. The molecule has 5 rings (SSSR count). The van der Waals surface area contributed by atoms with Gasteiger partial charge in [0.25, 0.3) is 5.95 Å². The molecule has 3 aromatic rings. The zero-order valence-corrected chi connectivity index (χ0v) is 16.8. The summed E-state index contributed by atoms with van der Waals surface area (Å²) in [7, 11) is 0. The predicted octanol–water partition coefficient (Wildman–Crippen LogP) is 3.39. The van der Waals surface area contributed by atoms with Crippen molar-refractivity contribution in [3.8, 4) is 5.95 Å². The highest BCUT2D eigenvalue weighted by atomic mass is 19.1. The number of rotatable bonds is 5. The molecule has 2 aromatic heterocycles. The molecule has 29 heavy (non-hydrogen) atoms. The number of piperidine rings is 1. The maximum Gasteiger partial charge on any atom is 0.291 e. The zero-order chi connectivity index (χ0) is 19.8. The van der Waals surface area contributed by atoms with Crippen molar-refractivity contribution in [2.75, 3.05) is 19.6 Å². The van der Waals surface area contributed by atoms with Crippen molar-refractivity contribution in [3.05, 3.63) is 35.6 Å². The van der Waals surface area contributed by atoms with Crippen molar-refractivity contribution in [1.29, 1.82) is 0 Å². The van der Waals surface area contributed by atoms with Crippen LogP contribution in [-0.4, -0.2) is 50.5 Å². The van der Waals surface area contributed by atoms with Gasteiger partial charge < -0.3 is 9.84 Å². The normalized spacial score (nSPS) is 23.2. The molecule has 0 amide bonds. The molecule has 4 heterocycles. The molecule has 2 saturated heterocycles. The monoisotopic (exact) mass is 398 g/mol. The molecule has 2 aliphatic rings. The van der Waals surface area contributed by atoms with Gasteiger partial charge in [0.1, 0.15) is 11.3 Å². The van der Waals surface area contributed by atoms with E-state index < -0.39 is 0 Å². The summed E-state index contributed by atoms with van der Waals surface area (Å²) in [6.45, 7) is 5.16. The van der Waals surface area contributed by atoms with E-state index in [0.29, 0.717) is 29.8 Å². The molecule has 0 radical (unpaired) electrons. The molecule has 1 unspecified atom stereocenters. The van der Waals surface area contributed by atoms with E-state index in [1.54, 1.807) is 6.07 Å². The highest BCUT2D eigenvalue weighted by Crippen LogP contribution is 2.31. The molecule has 154 valence electrons. The zero-order valence-electron chi connectivity index (χ0n) is 16.8. The third-order valence-electron chi connectivity index (χ3n) is 6.20. The number of nitrogens with one attached hydrogen (secondary N) is 1. The maximum absolute atomic E-state index is 14.6. The van der Waals surface area contributed by atoms with Crippen LogP contribution in [0.15, 0.2) is 22.7 Å². The second-order valence-corrected chi connectivity index (χ2v) is 8.08. The lowest BCUT2D eigenvalue weighted by Gasteiger charge is -2.35. The number of para-hydroxylation sites is 1. The fraction of sp³-hybridized carbons (Fsp3) is 0.571. The van der Waals surface area contributed by atoms with Crippen molar-refractivity contribution in [2.45, 2.75) is 57.5 Å². The van der Waals surface area contributed by atoms with Gasteiger partial charge >= 0.3 is 0 Å². The van der Waals surface area contributed by atoms with Crippen LogP contribution in [0, 0.1) is 5.82 Å². The van der Waals surface area contributed by atoms with E-state index in [4.69, 9.17) is 4.52 Å². The Balaban J connectivity index is 1.46. The Morgan fingerprint density at radius 3 is 3.00 bits per heavy atom. The van der Waals surface area contributed by atoms with Crippen molar-refractivity contribution < 1.29 is 8.91 Å². The van der Waals surface area contributed by atoms with Crippen LogP contribution in [0.25, 0.3) is 16.9 Å². The van der Waals surface area contributed by atoms with Gasteiger partial charge in [-0.3, -0.25) is 4.90 Å². The van der Waals surface area contributed by atoms with Crippen molar-refractivity contribution in [1.82, 2.24) is 30.1 Å². The minimum absolute atomic E-state index is 0.115. The number of aromatic nitrogens is 4. The lowest BCUT2D eigenvalue weighted by molar-refractivity contribution is 0.109. The van der Waals surface area contributed by atoms with Crippen molar-refractivity contribution in [2.24, 2.45) is 0 Å². The Kier molecular flexibility index (Phi) is 5.05. The van der Waals surface area contributed by atoms with Gasteiger partial charge in [-0.1, -0.05) is 25.5 Å². The van der Waals surface area contributed by atoms with E-state index in [1.165, 1.54) is 30.0 Å². The number of benzene rings is 1. The van der Waals surface area contributed by atoms with E-state index in [9.17, 15) is 4.39 Å². The molecule has 1 N–H and O–H groups in total. The van der Waals surface area contributed by atoms with Gasteiger partial charge in [0.05, 0.1) is 11.7 Å². The van der Waals surface area contributed by atoms with Crippen LogP contribution in [0.1, 0.15) is 56.7 Å². The summed E-state index contributed by atoms with van der Waals surface area (Å²) >= 11 is 0. The quantitative estimate of drug-likeness (QED) is 0.710. The summed E-state index contributed by atoms with van der Waals surface area (Å²) in [5.41, 5.74) is 1.24. The van der Waals surface area contributed by atoms with Crippen LogP contribution in [0.3, 0.4) is 0 Å². The Labute approximate surface area is 169 Å². The first-order valence-electron chi connectivity index (χ1n) is 10.7. The molecule has 2 atom stereocenters. The fourth-order valence-corrected chi connectivity index (χ4v) is 4.73. The average molecular weight is 398 g/mol. The smallest absolute Gasteiger partial charge is 0.291 e. The van der Waals surface area contributed by atoms with Gasteiger partial charge in [-0.05, 0) is 56.4 Å². The van der Waals surface area contributed by atoms with Gasteiger partial charge in [-0.15, -0.1) is 0 Å². The van der Waals surface area contributed by atoms with Crippen LogP contribution < -0.4 is 5.32 Å². The summed E-state index contributed by atoms with van der Waals surface area (Å²) in [5.74, 6) is 0.586. The molecule has 1 aromatic carbocycles. The number of nitrogens with zero attached hydrogens (tertiary/aromatic N) is 5. The van der Waals surface area contributed by atoms with Crippen LogP contribution in [-0.2, 0) is 6.42 Å². The number of hydrogen-bond donors (Lipinski definition) is 1. The largest absolute Gasteiger partial charge is 0.336 e. The Morgan fingerprint density at radius 1 is 1.24 bits per heavy atom. The van der Waals surface area contributed by atoms with Gasteiger partial charge in [0.2, 0.25) is 5.89 Å². The minimum atomic E-state index is -0.326. The standard InChI is InChI=1S/C21H27FN6O/c1-2-17-15-8-5-9-16(22)19(15)28(25-17)21-24-20(29-26-21)18-10-3-4-12-27(18)13-14-7-6-11-23-14/h5,8-9,14,18,23H,2-4,6-7,10-13H2,1H3/t14-,18?/m1/s1. The Bertz CT molecular complexity index is 992. The first-order valence-corrected chi connectivity index (χ1v) is 10.7. The molecule has 2 fully saturated rings. The molecular weight excluding hydrogens is 371 g/mol.